The molecule has 0 bridgehead atoms. The summed E-state index contributed by atoms with van der Waals surface area (Å²) in [6.07, 6.45) is 12.0. The van der Waals surface area contributed by atoms with Crippen molar-refractivity contribution in [2.45, 2.75) is 39.5 Å². The molecule has 0 aromatic rings. The molecule has 14 heavy (non-hydrogen) atoms. The van der Waals surface area contributed by atoms with Crippen molar-refractivity contribution in [1.82, 2.24) is 0 Å². The SMILES string of the molecule is CC.COCC1(C2=CCCC=C2)CC1. The van der Waals surface area contributed by atoms with Gasteiger partial charge in [0, 0.05) is 12.5 Å². The maximum absolute atomic E-state index is 5.25. The van der Waals surface area contributed by atoms with Gasteiger partial charge in [-0.25, -0.2) is 0 Å². The summed E-state index contributed by atoms with van der Waals surface area (Å²) < 4.78 is 5.25. The van der Waals surface area contributed by atoms with E-state index in [2.05, 4.69) is 18.2 Å². The summed E-state index contributed by atoms with van der Waals surface area (Å²) >= 11 is 0. The minimum Gasteiger partial charge on any atom is -0.384 e. The molecule has 0 saturated heterocycles. The van der Waals surface area contributed by atoms with Crippen molar-refractivity contribution in [1.29, 1.82) is 0 Å². The third-order valence-corrected chi connectivity index (χ3v) is 2.88. The highest BCUT2D eigenvalue weighted by Gasteiger charge is 2.44. The molecule has 2 rings (SSSR count). The van der Waals surface area contributed by atoms with Gasteiger partial charge in [-0.2, -0.15) is 0 Å². The van der Waals surface area contributed by atoms with E-state index >= 15 is 0 Å². The van der Waals surface area contributed by atoms with Crippen LogP contribution >= 0.6 is 0 Å². The molecule has 0 aromatic carbocycles. The van der Waals surface area contributed by atoms with Gasteiger partial charge in [-0.3, -0.25) is 0 Å². The number of hydrogen-bond acceptors (Lipinski definition) is 1. The third kappa shape index (κ3) is 2.48. The highest BCUT2D eigenvalue weighted by molar-refractivity contribution is 5.34. The fourth-order valence-corrected chi connectivity index (χ4v) is 1.95. The molecule has 2 aliphatic carbocycles. The lowest BCUT2D eigenvalue weighted by Gasteiger charge is -2.17. The van der Waals surface area contributed by atoms with Crippen molar-refractivity contribution >= 4 is 0 Å². The maximum atomic E-state index is 5.25. The molecule has 0 aliphatic heterocycles. The Morgan fingerprint density at radius 1 is 1.29 bits per heavy atom. The van der Waals surface area contributed by atoms with Gasteiger partial charge in [0.25, 0.3) is 0 Å². The topological polar surface area (TPSA) is 9.23 Å². The van der Waals surface area contributed by atoms with Gasteiger partial charge in [-0.05, 0) is 31.3 Å². The van der Waals surface area contributed by atoms with Crippen molar-refractivity contribution < 1.29 is 4.74 Å². The predicted molar refractivity (Wildman–Crippen MR) is 61.3 cm³/mol. The Labute approximate surface area is 87.8 Å². The molecule has 1 heteroatoms. The Kier molecular flexibility index (Phi) is 4.40. The first kappa shape index (κ1) is 11.5. The molecule has 0 spiro atoms. The standard InChI is InChI=1S/C11H16O.C2H6/c1-12-9-11(7-8-11)10-5-3-2-4-6-10;1-2/h3,5-6H,2,4,7-9H2,1H3;1-2H3. The van der Waals surface area contributed by atoms with Crippen LogP contribution in [-0.2, 0) is 4.74 Å². The lowest BCUT2D eigenvalue weighted by molar-refractivity contribution is 0.158. The summed E-state index contributed by atoms with van der Waals surface area (Å²) in [5.74, 6) is 0. The second kappa shape index (κ2) is 5.35. The molecular weight excluding hydrogens is 172 g/mol. The van der Waals surface area contributed by atoms with Crippen LogP contribution in [0.2, 0.25) is 0 Å². The molecule has 1 fully saturated rings. The Balaban J connectivity index is 0.000000461. The summed E-state index contributed by atoms with van der Waals surface area (Å²) in [6.45, 7) is 4.91. The lowest BCUT2D eigenvalue weighted by Crippen LogP contribution is -2.11. The molecule has 0 atom stereocenters. The normalized spacial score (nSPS) is 22.1. The van der Waals surface area contributed by atoms with Gasteiger partial charge in [0.05, 0.1) is 6.61 Å². The molecule has 1 saturated carbocycles. The monoisotopic (exact) mass is 194 g/mol. The van der Waals surface area contributed by atoms with Gasteiger partial charge < -0.3 is 4.74 Å². The zero-order valence-electron chi connectivity index (χ0n) is 9.68. The van der Waals surface area contributed by atoms with Gasteiger partial charge in [-0.1, -0.05) is 32.1 Å². The number of ether oxygens (including phenoxy) is 1. The molecule has 0 heterocycles. The second-order valence-corrected chi connectivity index (χ2v) is 3.85. The number of rotatable bonds is 3. The van der Waals surface area contributed by atoms with Crippen LogP contribution in [0.25, 0.3) is 0 Å². The van der Waals surface area contributed by atoms with E-state index in [0.717, 1.165) is 6.61 Å². The molecule has 0 unspecified atom stereocenters. The van der Waals surface area contributed by atoms with E-state index in [-0.39, 0.29) is 0 Å². The van der Waals surface area contributed by atoms with Crippen LogP contribution < -0.4 is 0 Å². The molecule has 0 amide bonds. The lowest BCUT2D eigenvalue weighted by atomic mass is 9.92. The Morgan fingerprint density at radius 2 is 2.00 bits per heavy atom. The number of methoxy groups -OCH3 is 1. The molecule has 1 nitrogen and oxygen atoms in total. The van der Waals surface area contributed by atoms with Gasteiger partial charge in [0.1, 0.15) is 0 Å². The van der Waals surface area contributed by atoms with Gasteiger partial charge >= 0.3 is 0 Å². The van der Waals surface area contributed by atoms with Crippen LogP contribution in [0.15, 0.2) is 23.8 Å². The smallest absolute Gasteiger partial charge is 0.0559 e. The van der Waals surface area contributed by atoms with E-state index in [1.807, 2.05) is 13.8 Å². The third-order valence-electron chi connectivity index (χ3n) is 2.88. The van der Waals surface area contributed by atoms with Gasteiger partial charge in [0.2, 0.25) is 0 Å². The summed E-state index contributed by atoms with van der Waals surface area (Å²) in [4.78, 5) is 0. The van der Waals surface area contributed by atoms with E-state index < -0.39 is 0 Å². The molecular formula is C13H22O. The van der Waals surface area contributed by atoms with E-state index in [1.54, 1.807) is 7.11 Å². The van der Waals surface area contributed by atoms with Crippen LogP contribution in [-0.4, -0.2) is 13.7 Å². The first-order valence-corrected chi connectivity index (χ1v) is 5.73. The minimum atomic E-state index is 0.422. The molecule has 0 N–H and O–H groups in total. The van der Waals surface area contributed by atoms with Crippen LogP contribution in [0.3, 0.4) is 0 Å². The van der Waals surface area contributed by atoms with Crippen LogP contribution in [0.4, 0.5) is 0 Å². The Morgan fingerprint density at radius 3 is 2.43 bits per heavy atom. The van der Waals surface area contributed by atoms with Crippen LogP contribution in [0.5, 0.6) is 0 Å². The van der Waals surface area contributed by atoms with E-state index in [4.69, 9.17) is 4.74 Å². The fourth-order valence-electron chi connectivity index (χ4n) is 1.95. The summed E-state index contributed by atoms with van der Waals surface area (Å²) in [6, 6.07) is 0. The molecule has 80 valence electrons. The van der Waals surface area contributed by atoms with Gasteiger partial charge in [-0.15, -0.1) is 0 Å². The summed E-state index contributed by atoms with van der Waals surface area (Å²) in [7, 11) is 1.80. The highest BCUT2D eigenvalue weighted by atomic mass is 16.5. The van der Waals surface area contributed by atoms with E-state index in [9.17, 15) is 0 Å². The van der Waals surface area contributed by atoms with Crippen molar-refractivity contribution in [3.05, 3.63) is 23.8 Å². The Bertz CT molecular complexity index is 221. The first-order valence-electron chi connectivity index (χ1n) is 5.73. The first-order chi connectivity index (χ1) is 6.87. The molecule has 2 aliphatic rings. The highest BCUT2D eigenvalue weighted by Crippen LogP contribution is 2.53. The molecule has 0 aromatic heterocycles. The predicted octanol–water partition coefficient (Wildman–Crippen LogP) is 3.72. The number of hydrogen-bond donors (Lipinski definition) is 0. The average molecular weight is 194 g/mol. The van der Waals surface area contributed by atoms with Crippen molar-refractivity contribution in [3.8, 4) is 0 Å². The quantitative estimate of drug-likeness (QED) is 0.665. The minimum absolute atomic E-state index is 0.422. The van der Waals surface area contributed by atoms with Crippen LogP contribution in [0.1, 0.15) is 39.5 Å². The summed E-state index contributed by atoms with van der Waals surface area (Å²) in [5.41, 5.74) is 1.95. The fraction of sp³-hybridized carbons (Fsp3) is 0.692. The zero-order valence-corrected chi connectivity index (χ0v) is 9.68. The Hall–Kier alpha value is -0.560. The number of allylic oxidation sites excluding steroid dienone is 3. The van der Waals surface area contributed by atoms with Crippen LogP contribution in [0, 0.1) is 5.41 Å². The largest absolute Gasteiger partial charge is 0.384 e. The van der Waals surface area contributed by atoms with E-state index in [0.29, 0.717) is 5.41 Å². The average Bonchev–Trinajstić information content (AvgIpc) is 3.04. The van der Waals surface area contributed by atoms with Crippen molar-refractivity contribution in [2.24, 2.45) is 5.41 Å². The zero-order chi connectivity index (χ0) is 10.4. The maximum Gasteiger partial charge on any atom is 0.0559 e. The molecule has 0 radical (unpaired) electrons. The van der Waals surface area contributed by atoms with E-state index in [1.165, 1.54) is 31.3 Å². The van der Waals surface area contributed by atoms with Gasteiger partial charge in [0.15, 0.2) is 0 Å². The summed E-state index contributed by atoms with van der Waals surface area (Å²) in [5, 5.41) is 0. The second-order valence-electron chi connectivity index (χ2n) is 3.85. The van der Waals surface area contributed by atoms with Crippen molar-refractivity contribution in [2.75, 3.05) is 13.7 Å². The van der Waals surface area contributed by atoms with Crippen molar-refractivity contribution in [3.63, 3.8) is 0 Å².